The Kier molecular flexibility index (Phi) is 3.93. The molecule has 1 heterocycles. The monoisotopic (exact) mass is 232 g/mol. The van der Waals surface area contributed by atoms with Crippen LogP contribution in [0.25, 0.3) is 0 Å². The van der Waals surface area contributed by atoms with Gasteiger partial charge in [0.25, 0.3) is 0 Å². The highest BCUT2D eigenvalue weighted by atomic mass is 15.2. The van der Waals surface area contributed by atoms with E-state index in [1.807, 2.05) is 6.07 Å². The van der Waals surface area contributed by atoms with Crippen molar-refractivity contribution in [2.75, 3.05) is 17.2 Å². The molecule has 0 radical (unpaired) electrons. The van der Waals surface area contributed by atoms with E-state index >= 15 is 0 Å². The lowest BCUT2D eigenvalue weighted by Gasteiger charge is -2.38. The van der Waals surface area contributed by atoms with Crippen LogP contribution in [-0.2, 0) is 0 Å². The molecule has 1 aromatic rings. The number of nitrogen functional groups attached to an aromatic ring is 1. The lowest BCUT2D eigenvalue weighted by Crippen LogP contribution is -2.39. The third-order valence-corrected chi connectivity index (χ3v) is 3.78. The summed E-state index contributed by atoms with van der Waals surface area (Å²) in [5.41, 5.74) is 9.40. The van der Waals surface area contributed by atoms with Crippen LogP contribution in [0.3, 0.4) is 0 Å². The maximum absolute atomic E-state index is 5.83. The molecule has 1 aromatic carbocycles. The minimum Gasteiger partial charge on any atom is -0.399 e. The highest BCUT2D eigenvalue weighted by molar-refractivity contribution is 5.59. The van der Waals surface area contributed by atoms with E-state index in [-0.39, 0.29) is 0 Å². The van der Waals surface area contributed by atoms with Crippen molar-refractivity contribution in [2.24, 2.45) is 0 Å². The van der Waals surface area contributed by atoms with Gasteiger partial charge in [0.2, 0.25) is 0 Å². The second kappa shape index (κ2) is 5.44. The van der Waals surface area contributed by atoms with Crippen LogP contribution in [0.4, 0.5) is 11.4 Å². The van der Waals surface area contributed by atoms with Gasteiger partial charge in [-0.2, -0.15) is 0 Å². The van der Waals surface area contributed by atoms with Crippen LogP contribution < -0.4 is 10.6 Å². The molecule has 0 aromatic heterocycles. The summed E-state index contributed by atoms with van der Waals surface area (Å²) in [4.78, 5) is 2.60. The molecule has 1 aliphatic heterocycles. The first-order valence-corrected chi connectivity index (χ1v) is 6.85. The fourth-order valence-corrected chi connectivity index (χ4v) is 2.95. The predicted octanol–water partition coefficient (Wildman–Crippen LogP) is 3.74. The minimum absolute atomic E-state index is 0.732. The van der Waals surface area contributed by atoms with Crippen molar-refractivity contribution in [3.8, 4) is 0 Å². The summed E-state index contributed by atoms with van der Waals surface area (Å²) >= 11 is 0. The summed E-state index contributed by atoms with van der Waals surface area (Å²) in [5.74, 6) is 0. The summed E-state index contributed by atoms with van der Waals surface area (Å²) in [6.07, 6.45) is 6.63. The molecule has 0 aliphatic carbocycles. The lowest BCUT2D eigenvalue weighted by atomic mass is 9.96. The van der Waals surface area contributed by atoms with E-state index in [4.69, 9.17) is 5.73 Å². The van der Waals surface area contributed by atoms with Crippen LogP contribution in [0.1, 0.15) is 44.6 Å². The van der Waals surface area contributed by atoms with Crippen molar-refractivity contribution in [2.45, 2.75) is 52.0 Å². The Morgan fingerprint density at radius 2 is 2.18 bits per heavy atom. The van der Waals surface area contributed by atoms with Gasteiger partial charge in [0.15, 0.2) is 0 Å². The molecule has 2 nitrogen and oxygen atoms in total. The average molecular weight is 232 g/mol. The van der Waals surface area contributed by atoms with Gasteiger partial charge in [-0.15, -0.1) is 0 Å². The quantitative estimate of drug-likeness (QED) is 0.804. The summed E-state index contributed by atoms with van der Waals surface area (Å²) in [7, 11) is 0. The second-order valence-corrected chi connectivity index (χ2v) is 5.18. The van der Waals surface area contributed by atoms with Gasteiger partial charge in [0.1, 0.15) is 0 Å². The molecule has 1 atom stereocenters. The highest BCUT2D eigenvalue weighted by Gasteiger charge is 2.22. The molecule has 2 N–H and O–H groups in total. The van der Waals surface area contributed by atoms with E-state index in [1.54, 1.807) is 0 Å². The van der Waals surface area contributed by atoms with Crippen LogP contribution in [0.5, 0.6) is 0 Å². The van der Waals surface area contributed by atoms with Gasteiger partial charge in [-0.3, -0.25) is 0 Å². The maximum atomic E-state index is 5.83. The van der Waals surface area contributed by atoms with Crippen molar-refractivity contribution >= 4 is 11.4 Å². The SMILES string of the molecule is CCCC1CCCCN1c1ccc(N)cc1C. The molecule has 0 spiro atoms. The highest BCUT2D eigenvalue weighted by Crippen LogP contribution is 2.30. The minimum atomic E-state index is 0.732. The Morgan fingerprint density at radius 1 is 1.35 bits per heavy atom. The molecular formula is C15H24N2. The number of hydrogen-bond donors (Lipinski definition) is 1. The van der Waals surface area contributed by atoms with Crippen LogP contribution in [-0.4, -0.2) is 12.6 Å². The fraction of sp³-hybridized carbons (Fsp3) is 0.600. The number of benzene rings is 1. The smallest absolute Gasteiger partial charge is 0.0399 e. The Bertz CT molecular complexity index is 371. The normalized spacial score (nSPS) is 20.6. The maximum Gasteiger partial charge on any atom is 0.0399 e. The number of rotatable bonds is 3. The Hall–Kier alpha value is -1.18. The summed E-state index contributed by atoms with van der Waals surface area (Å²) in [6.45, 7) is 5.65. The molecule has 2 heteroatoms. The lowest BCUT2D eigenvalue weighted by molar-refractivity contribution is 0.434. The third kappa shape index (κ3) is 2.74. The van der Waals surface area contributed by atoms with Gasteiger partial charge in [-0.05, 0) is 56.4 Å². The first-order chi connectivity index (χ1) is 8.22. The van der Waals surface area contributed by atoms with Crippen molar-refractivity contribution in [3.05, 3.63) is 23.8 Å². The molecule has 0 saturated carbocycles. The van der Waals surface area contributed by atoms with Crippen LogP contribution in [0, 0.1) is 6.92 Å². The zero-order valence-corrected chi connectivity index (χ0v) is 11.1. The largest absolute Gasteiger partial charge is 0.399 e. The second-order valence-electron chi connectivity index (χ2n) is 5.18. The topological polar surface area (TPSA) is 29.3 Å². The first-order valence-electron chi connectivity index (χ1n) is 6.85. The number of piperidine rings is 1. The van der Waals surface area contributed by atoms with Gasteiger partial charge in [0, 0.05) is 24.0 Å². The predicted molar refractivity (Wildman–Crippen MR) is 75.5 cm³/mol. The summed E-state index contributed by atoms with van der Waals surface area (Å²) < 4.78 is 0. The van der Waals surface area contributed by atoms with Crippen molar-refractivity contribution < 1.29 is 0 Å². The standard InChI is InChI=1S/C15H24N2/c1-3-6-14-7-4-5-10-17(14)15-9-8-13(16)11-12(15)2/h8-9,11,14H,3-7,10,16H2,1-2H3. The molecule has 0 amide bonds. The van der Waals surface area contributed by atoms with E-state index in [9.17, 15) is 0 Å². The van der Waals surface area contributed by atoms with Gasteiger partial charge in [0.05, 0.1) is 0 Å². The molecule has 94 valence electrons. The molecule has 0 bridgehead atoms. The van der Waals surface area contributed by atoms with Crippen molar-refractivity contribution in [1.82, 2.24) is 0 Å². The van der Waals surface area contributed by atoms with Gasteiger partial charge >= 0.3 is 0 Å². The molecule has 17 heavy (non-hydrogen) atoms. The average Bonchev–Trinajstić information content (AvgIpc) is 2.31. The molecule has 2 rings (SSSR count). The number of nitrogens with zero attached hydrogens (tertiary/aromatic N) is 1. The molecular weight excluding hydrogens is 208 g/mol. The fourth-order valence-electron chi connectivity index (χ4n) is 2.95. The van der Waals surface area contributed by atoms with Crippen LogP contribution in [0.15, 0.2) is 18.2 Å². The summed E-state index contributed by atoms with van der Waals surface area (Å²) in [6, 6.07) is 7.04. The number of anilines is 2. The van der Waals surface area contributed by atoms with E-state index in [2.05, 4.69) is 30.9 Å². The summed E-state index contributed by atoms with van der Waals surface area (Å²) in [5, 5.41) is 0. The Morgan fingerprint density at radius 3 is 2.88 bits per heavy atom. The van der Waals surface area contributed by atoms with Crippen molar-refractivity contribution in [1.29, 1.82) is 0 Å². The molecule has 1 fully saturated rings. The van der Waals surface area contributed by atoms with Gasteiger partial charge in [-0.25, -0.2) is 0 Å². The number of aryl methyl sites for hydroxylation is 1. The van der Waals surface area contributed by atoms with E-state index in [0.717, 1.165) is 11.7 Å². The molecule has 1 saturated heterocycles. The van der Waals surface area contributed by atoms with Gasteiger partial charge < -0.3 is 10.6 Å². The van der Waals surface area contributed by atoms with Crippen molar-refractivity contribution in [3.63, 3.8) is 0 Å². The number of hydrogen-bond acceptors (Lipinski definition) is 2. The van der Waals surface area contributed by atoms with Crippen LogP contribution >= 0.6 is 0 Å². The van der Waals surface area contributed by atoms with Gasteiger partial charge in [-0.1, -0.05) is 13.3 Å². The van der Waals surface area contributed by atoms with E-state index < -0.39 is 0 Å². The Labute approximate surface area is 105 Å². The Balaban J connectivity index is 2.23. The van der Waals surface area contributed by atoms with E-state index in [1.165, 1.54) is 49.9 Å². The zero-order valence-electron chi connectivity index (χ0n) is 11.1. The third-order valence-electron chi connectivity index (χ3n) is 3.78. The van der Waals surface area contributed by atoms with E-state index in [0.29, 0.717) is 0 Å². The zero-order chi connectivity index (χ0) is 12.3. The number of nitrogens with two attached hydrogens (primary N) is 1. The van der Waals surface area contributed by atoms with Crippen LogP contribution in [0.2, 0.25) is 0 Å². The first kappa shape index (κ1) is 12.3. The molecule has 1 unspecified atom stereocenters. The molecule has 1 aliphatic rings.